The van der Waals surface area contributed by atoms with Crippen LogP contribution < -0.4 is 4.74 Å². The third-order valence-corrected chi connectivity index (χ3v) is 5.50. The number of aromatic nitrogens is 1. The lowest BCUT2D eigenvalue weighted by Gasteiger charge is -2.19. The maximum absolute atomic E-state index is 13.6. The molecule has 34 heavy (non-hydrogen) atoms. The van der Waals surface area contributed by atoms with Gasteiger partial charge in [0.1, 0.15) is 11.5 Å². The highest BCUT2D eigenvalue weighted by molar-refractivity contribution is 5.86. The van der Waals surface area contributed by atoms with Crippen LogP contribution in [0.3, 0.4) is 0 Å². The summed E-state index contributed by atoms with van der Waals surface area (Å²) >= 11 is 0. The Morgan fingerprint density at radius 1 is 1.12 bits per heavy atom. The molecule has 0 radical (unpaired) electrons. The molecule has 0 aliphatic heterocycles. The lowest BCUT2D eigenvalue weighted by Crippen LogP contribution is -2.07. The fraction of sp³-hybridized carbons (Fsp3) is 0.462. The Kier molecular flexibility index (Phi) is 7.89. The van der Waals surface area contributed by atoms with Crippen molar-refractivity contribution in [2.24, 2.45) is 5.92 Å². The van der Waals surface area contributed by atoms with Gasteiger partial charge >= 0.3 is 12.1 Å². The number of aryl methyl sites for hydroxylation is 2. The van der Waals surface area contributed by atoms with Gasteiger partial charge in [-0.2, -0.15) is 13.2 Å². The zero-order valence-electron chi connectivity index (χ0n) is 19.9. The summed E-state index contributed by atoms with van der Waals surface area (Å²) in [6, 6.07) is 6.81. The first-order valence-electron chi connectivity index (χ1n) is 11.6. The van der Waals surface area contributed by atoms with Crippen LogP contribution in [0.15, 0.2) is 28.8 Å². The number of alkyl halides is 3. The number of benzene rings is 2. The largest absolute Gasteiger partial charge is 0.481 e. The molecular formula is C26H30F3NO4. The van der Waals surface area contributed by atoms with E-state index in [1.165, 1.54) is 6.07 Å². The van der Waals surface area contributed by atoms with E-state index in [2.05, 4.69) is 19.0 Å². The quantitative estimate of drug-likeness (QED) is 0.330. The second-order valence-corrected chi connectivity index (χ2v) is 8.96. The maximum Gasteiger partial charge on any atom is 0.437 e. The summed E-state index contributed by atoms with van der Waals surface area (Å²) in [5, 5.41) is 12.5. The van der Waals surface area contributed by atoms with Crippen molar-refractivity contribution in [1.82, 2.24) is 5.16 Å². The molecule has 1 heterocycles. The Labute approximate surface area is 196 Å². The summed E-state index contributed by atoms with van der Waals surface area (Å²) in [6.45, 7) is 8.02. The summed E-state index contributed by atoms with van der Waals surface area (Å²) < 4.78 is 52.3. The monoisotopic (exact) mass is 477 g/mol. The molecule has 0 saturated carbocycles. The van der Waals surface area contributed by atoms with Crippen LogP contribution in [0.4, 0.5) is 13.2 Å². The third-order valence-electron chi connectivity index (χ3n) is 5.50. The minimum absolute atomic E-state index is 0.0613. The average molecular weight is 478 g/mol. The van der Waals surface area contributed by atoms with Gasteiger partial charge in [0, 0.05) is 5.56 Å². The number of rotatable bonds is 10. The second-order valence-electron chi connectivity index (χ2n) is 8.96. The number of carboxylic acids is 1. The molecule has 1 N–H and O–H groups in total. The predicted molar refractivity (Wildman–Crippen MR) is 123 cm³/mol. The number of ether oxygens (including phenoxy) is 1. The molecule has 5 nitrogen and oxygen atoms in total. The van der Waals surface area contributed by atoms with Crippen LogP contribution in [-0.4, -0.2) is 16.2 Å². The standard InChI is InChI=1S/C26H30F3NO4/c1-5-7-18-14-20-24(34-30-25(20)26(27,28)29)19(8-6-2)23(18)33-21-12-16(13-22(31)32)9-10-17(21)11-15(3)4/h9-10,12,14-15H,5-8,11,13H2,1-4H3,(H,31,32). The number of halogens is 3. The van der Waals surface area contributed by atoms with Crippen LogP contribution >= 0.6 is 0 Å². The van der Waals surface area contributed by atoms with Crippen molar-refractivity contribution in [3.63, 3.8) is 0 Å². The molecule has 0 fully saturated rings. The normalized spacial score (nSPS) is 12.0. The second kappa shape index (κ2) is 10.5. The fourth-order valence-corrected chi connectivity index (χ4v) is 4.15. The highest BCUT2D eigenvalue weighted by Gasteiger charge is 2.38. The Balaban J connectivity index is 2.23. The highest BCUT2D eigenvalue weighted by atomic mass is 19.4. The first-order valence-corrected chi connectivity index (χ1v) is 11.6. The smallest absolute Gasteiger partial charge is 0.437 e. The summed E-state index contributed by atoms with van der Waals surface area (Å²) in [7, 11) is 0. The van der Waals surface area contributed by atoms with E-state index < -0.39 is 17.8 Å². The molecule has 2 aromatic carbocycles. The number of carbonyl (C=O) groups is 1. The Morgan fingerprint density at radius 3 is 2.41 bits per heavy atom. The van der Waals surface area contributed by atoms with Gasteiger partial charge in [-0.1, -0.05) is 57.8 Å². The Hall–Kier alpha value is -3.03. The lowest BCUT2D eigenvalue weighted by atomic mass is 9.97. The summed E-state index contributed by atoms with van der Waals surface area (Å²) in [4.78, 5) is 11.3. The molecule has 0 spiro atoms. The molecular weight excluding hydrogens is 447 g/mol. The average Bonchev–Trinajstić information content (AvgIpc) is 3.16. The maximum atomic E-state index is 13.6. The van der Waals surface area contributed by atoms with E-state index in [1.807, 2.05) is 19.9 Å². The van der Waals surface area contributed by atoms with Gasteiger partial charge in [-0.15, -0.1) is 0 Å². The Morgan fingerprint density at radius 2 is 1.82 bits per heavy atom. The molecule has 0 saturated heterocycles. The minimum Gasteiger partial charge on any atom is -0.481 e. The molecule has 0 atom stereocenters. The SMILES string of the molecule is CCCc1cc2c(C(F)(F)F)noc2c(CCC)c1Oc1cc(CC(=O)O)ccc1CC(C)C. The van der Waals surface area contributed by atoms with E-state index in [-0.39, 0.29) is 17.4 Å². The van der Waals surface area contributed by atoms with E-state index in [4.69, 9.17) is 9.26 Å². The van der Waals surface area contributed by atoms with Crippen LogP contribution in [-0.2, 0) is 36.7 Å². The molecule has 3 rings (SSSR count). The van der Waals surface area contributed by atoms with Crippen LogP contribution in [0.5, 0.6) is 11.5 Å². The molecule has 0 amide bonds. The first-order chi connectivity index (χ1) is 16.0. The van der Waals surface area contributed by atoms with Gasteiger partial charge in [0.05, 0.1) is 11.8 Å². The van der Waals surface area contributed by atoms with Crippen molar-refractivity contribution in [3.05, 3.63) is 52.2 Å². The molecule has 0 aliphatic rings. The Bertz CT molecular complexity index is 1170. The zero-order chi connectivity index (χ0) is 25.0. The topological polar surface area (TPSA) is 72.6 Å². The summed E-state index contributed by atoms with van der Waals surface area (Å²) in [5.41, 5.74) is 1.73. The van der Waals surface area contributed by atoms with Gasteiger partial charge in [0.2, 0.25) is 0 Å². The summed E-state index contributed by atoms with van der Waals surface area (Å²) in [5.74, 6) is 0.350. The van der Waals surface area contributed by atoms with Crippen molar-refractivity contribution in [1.29, 1.82) is 0 Å². The van der Waals surface area contributed by atoms with Crippen molar-refractivity contribution in [2.75, 3.05) is 0 Å². The van der Waals surface area contributed by atoms with Crippen molar-refractivity contribution in [2.45, 2.75) is 72.4 Å². The lowest BCUT2D eigenvalue weighted by molar-refractivity contribution is -0.141. The van der Waals surface area contributed by atoms with E-state index in [0.717, 1.165) is 5.56 Å². The molecule has 3 aromatic rings. The molecule has 0 bridgehead atoms. The number of carboxylic acid groups (broad SMARTS) is 1. The molecule has 1 aromatic heterocycles. The van der Waals surface area contributed by atoms with Gasteiger partial charge in [-0.25, -0.2) is 0 Å². The van der Waals surface area contributed by atoms with Gasteiger partial charge in [-0.3, -0.25) is 4.79 Å². The van der Waals surface area contributed by atoms with Crippen molar-refractivity contribution < 1.29 is 32.3 Å². The van der Waals surface area contributed by atoms with Crippen LogP contribution in [0.1, 0.15) is 68.5 Å². The molecule has 8 heteroatoms. The van der Waals surface area contributed by atoms with E-state index >= 15 is 0 Å². The third kappa shape index (κ3) is 5.72. The minimum atomic E-state index is -4.63. The van der Waals surface area contributed by atoms with Crippen molar-refractivity contribution >= 4 is 16.9 Å². The summed E-state index contributed by atoms with van der Waals surface area (Å²) in [6.07, 6.45) is -1.74. The number of hydrogen-bond donors (Lipinski definition) is 1. The van der Waals surface area contributed by atoms with Crippen LogP contribution in [0, 0.1) is 5.92 Å². The number of fused-ring (bicyclic) bond motifs is 1. The van der Waals surface area contributed by atoms with E-state index in [1.54, 1.807) is 12.1 Å². The molecule has 0 aliphatic carbocycles. The molecule has 0 unspecified atom stereocenters. The van der Waals surface area contributed by atoms with Gasteiger partial charge in [-0.05, 0) is 54.0 Å². The van der Waals surface area contributed by atoms with Crippen molar-refractivity contribution in [3.8, 4) is 11.5 Å². The number of hydrogen-bond acceptors (Lipinski definition) is 4. The van der Waals surface area contributed by atoms with E-state index in [0.29, 0.717) is 66.2 Å². The number of nitrogens with zero attached hydrogens (tertiary/aromatic N) is 1. The molecule has 184 valence electrons. The van der Waals surface area contributed by atoms with Gasteiger partial charge in [0.15, 0.2) is 11.3 Å². The van der Waals surface area contributed by atoms with E-state index in [9.17, 15) is 23.1 Å². The highest BCUT2D eigenvalue weighted by Crippen LogP contribution is 2.42. The van der Waals surface area contributed by atoms with Gasteiger partial charge in [0.25, 0.3) is 0 Å². The van der Waals surface area contributed by atoms with Crippen LogP contribution in [0.2, 0.25) is 0 Å². The number of aliphatic carboxylic acids is 1. The fourth-order valence-electron chi connectivity index (χ4n) is 4.15. The van der Waals surface area contributed by atoms with Crippen LogP contribution in [0.25, 0.3) is 11.0 Å². The van der Waals surface area contributed by atoms with Gasteiger partial charge < -0.3 is 14.4 Å². The first kappa shape index (κ1) is 25.6. The zero-order valence-corrected chi connectivity index (χ0v) is 19.9. The predicted octanol–water partition coefficient (Wildman–Crippen LogP) is 7.37.